The van der Waals surface area contributed by atoms with E-state index in [1.165, 1.54) is 10.5 Å². The van der Waals surface area contributed by atoms with Crippen molar-refractivity contribution in [3.8, 4) is 6.07 Å². The molecule has 0 aromatic heterocycles. The number of thioether (sulfide) groups is 1. The van der Waals surface area contributed by atoms with Gasteiger partial charge in [-0.3, -0.25) is 4.99 Å². The van der Waals surface area contributed by atoms with Crippen LogP contribution in [0.25, 0.3) is 0 Å². The molecule has 2 nitrogen and oxygen atoms in total. The van der Waals surface area contributed by atoms with E-state index in [4.69, 9.17) is 5.26 Å². The lowest BCUT2D eigenvalue weighted by Crippen LogP contribution is -2.15. The highest BCUT2D eigenvalue weighted by Crippen LogP contribution is 2.32. The van der Waals surface area contributed by atoms with Gasteiger partial charge in [-0.05, 0) is 17.9 Å². The van der Waals surface area contributed by atoms with E-state index in [-0.39, 0.29) is 0 Å². The molecule has 0 amide bonds. The minimum absolute atomic E-state index is 0.384. The summed E-state index contributed by atoms with van der Waals surface area (Å²) in [4.78, 5) is 5.66. The van der Waals surface area contributed by atoms with Crippen molar-refractivity contribution in [1.29, 1.82) is 5.26 Å². The predicted molar refractivity (Wildman–Crippen MR) is 81.8 cm³/mol. The number of rotatable bonds is 5. The summed E-state index contributed by atoms with van der Waals surface area (Å²) in [6.07, 6.45) is 5.58. The Morgan fingerprint density at radius 3 is 2.95 bits per heavy atom. The summed E-state index contributed by atoms with van der Waals surface area (Å²) >= 11 is 1.85. The van der Waals surface area contributed by atoms with Crippen molar-refractivity contribution >= 4 is 18.0 Å². The smallest absolute Gasteiger partial charge is 0.0624 e. The molecule has 0 saturated heterocycles. The number of aliphatic imine (C=N–C) groups is 1. The van der Waals surface area contributed by atoms with Gasteiger partial charge in [0.15, 0.2) is 0 Å². The van der Waals surface area contributed by atoms with Crippen molar-refractivity contribution in [1.82, 2.24) is 0 Å². The van der Waals surface area contributed by atoms with Gasteiger partial charge in [0, 0.05) is 35.4 Å². The third-order valence-corrected chi connectivity index (χ3v) is 4.46. The first-order chi connectivity index (χ1) is 9.29. The third-order valence-electron chi connectivity index (χ3n) is 3.34. The monoisotopic (exact) mass is 270 g/mol. The largest absolute Gasteiger partial charge is 0.268 e. The molecule has 1 aromatic carbocycles. The zero-order valence-electron chi connectivity index (χ0n) is 11.1. The lowest BCUT2D eigenvalue weighted by Gasteiger charge is -2.21. The van der Waals surface area contributed by atoms with Gasteiger partial charge in [0.1, 0.15) is 0 Å². The first-order valence-corrected chi connectivity index (χ1v) is 7.54. The number of hydrogen-bond donors (Lipinski definition) is 0. The number of nitrogens with zero attached hydrogens (tertiary/aromatic N) is 2. The van der Waals surface area contributed by atoms with Crippen molar-refractivity contribution in [3.63, 3.8) is 0 Å². The molecule has 19 heavy (non-hydrogen) atoms. The summed E-state index contributed by atoms with van der Waals surface area (Å²) in [5, 5.41) is 8.77. The van der Waals surface area contributed by atoms with Gasteiger partial charge < -0.3 is 0 Å². The van der Waals surface area contributed by atoms with Crippen LogP contribution in [0, 0.1) is 23.2 Å². The van der Waals surface area contributed by atoms with Crippen LogP contribution in [0.4, 0.5) is 0 Å². The maximum absolute atomic E-state index is 8.77. The number of allylic oxidation sites excluding steroid dienone is 1. The molecule has 2 atom stereocenters. The van der Waals surface area contributed by atoms with E-state index in [0.717, 1.165) is 12.2 Å². The fraction of sp³-hybridized carbons (Fsp3) is 0.375. The van der Waals surface area contributed by atoms with Crippen molar-refractivity contribution < 1.29 is 0 Å². The fourth-order valence-corrected chi connectivity index (χ4v) is 3.05. The summed E-state index contributed by atoms with van der Waals surface area (Å²) in [5.41, 5.74) is 1.34. The summed E-state index contributed by atoms with van der Waals surface area (Å²) in [5.74, 6) is 1.78. The number of nitriles is 1. The average molecular weight is 270 g/mol. The number of benzene rings is 1. The Labute approximate surface area is 119 Å². The third kappa shape index (κ3) is 4.25. The summed E-state index contributed by atoms with van der Waals surface area (Å²) in [7, 11) is 0. The highest BCUT2D eigenvalue weighted by molar-refractivity contribution is 8.02. The Balaban J connectivity index is 1.87. The second kappa shape index (κ2) is 7.16. The van der Waals surface area contributed by atoms with Gasteiger partial charge in [0.05, 0.1) is 6.07 Å². The predicted octanol–water partition coefficient (Wildman–Crippen LogP) is 4.40. The molecule has 2 rings (SSSR count). The Hall–Kier alpha value is -1.53. The van der Waals surface area contributed by atoms with E-state index in [2.05, 4.69) is 42.3 Å². The molecule has 1 aliphatic heterocycles. The van der Waals surface area contributed by atoms with Crippen LogP contribution in [0.3, 0.4) is 0 Å². The molecule has 2 unspecified atom stereocenters. The standard InChI is InChI=1S/C16H18N2S/c1-13(7-8-17)15-9-16(11-18-10-15)19-12-14-5-3-2-4-6-14/h2-6,10-11,13,15H,7,9,12H2,1H3. The van der Waals surface area contributed by atoms with E-state index < -0.39 is 0 Å². The molecule has 1 aliphatic rings. The lowest BCUT2D eigenvalue weighted by atomic mass is 9.89. The van der Waals surface area contributed by atoms with Crippen LogP contribution in [0.1, 0.15) is 25.3 Å². The van der Waals surface area contributed by atoms with Gasteiger partial charge >= 0.3 is 0 Å². The van der Waals surface area contributed by atoms with Gasteiger partial charge in [-0.25, -0.2) is 0 Å². The highest BCUT2D eigenvalue weighted by Gasteiger charge is 2.19. The number of hydrogen-bond acceptors (Lipinski definition) is 3. The van der Waals surface area contributed by atoms with E-state index >= 15 is 0 Å². The molecule has 0 fully saturated rings. The molecule has 0 aliphatic carbocycles. The highest BCUT2D eigenvalue weighted by atomic mass is 32.2. The minimum Gasteiger partial charge on any atom is -0.268 e. The molecular formula is C16H18N2S. The Morgan fingerprint density at radius 2 is 2.21 bits per heavy atom. The van der Waals surface area contributed by atoms with Gasteiger partial charge in [-0.2, -0.15) is 5.26 Å². The second-order valence-corrected chi connectivity index (χ2v) is 5.98. The molecule has 1 heterocycles. The Bertz CT molecular complexity index is 499. The lowest BCUT2D eigenvalue weighted by molar-refractivity contribution is 0.468. The average Bonchev–Trinajstić information content (AvgIpc) is 2.47. The fourth-order valence-electron chi connectivity index (χ4n) is 2.06. The molecule has 0 N–H and O–H groups in total. The molecule has 1 aromatic rings. The van der Waals surface area contributed by atoms with Crippen LogP contribution in [-0.2, 0) is 5.75 Å². The van der Waals surface area contributed by atoms with Crippen molar-refractivity contribution in [3.05, 3.63) is 47.0 Å². The molecule has 0 bridgehead atoms. The van der Waals surface area contributed by atoms with E-state index in [0.29, 0.717) is 18.3 Å². The topological polar surface area (TPSA) is 36.1 Å². The van der Waals surface area contributed by atoms with Crippen LogP contribution in [0.5, 0.6) is 0 Å². The van der Waals surface area contributed by atoms with Crippen LogP contribution >= 0.6 is 11.8 Å². The zero-order valence-corrected chi connectivity index (χ0v) is 11.9. The molecule has 0 saturated carbocycles. The van der Waals surface area contributed by atoms with Crippen LogP contribution in [0.15, 0.2) is 46.4 Å². The summed E-state index contributed by atoms with van der Waals surface area (Å²) in [6.45, 7) is 2.13. The van der Waals surface area contributed by atoms with Crippen molar-refractivity contribution in [2.45, 2.75) is 25.5 Å². The van der Waals surface area contributed by atoms with Gasteiger partial charge in [-0.15, -0.1) is 11.8 Å². The Kier molecular flexibility index (Phi) is 5.23. The maximum Gasteiger partial charge on any atom is 0.0624 e. The molecule has 3 heteroatoms. The maximum atomic E-state index is 8.77. The molecule has 0 spiro atoms. The summed E-state index contributed by atoms with van der Waals surface area (Å²) in [6, 6.07) is 12.7. The van der Waals surface area contributed by atoms with Crippen LogP contribution < -0.4 is 0 Å². The molecule has 98 valence electrons. The SMILES string of the molecule is CC(CC#N)C1C=NC=C(SCc2ccccc2)C1. The van der Waals surface area contributed by atoms with Crippen LogP contribution in [0.2, 0.25) is 0 Å². The van der Waals surface area contributed by atoms with Crippen LogP contribution in [-0.4, -0.2) is 6.21 Å². The van der Waals surface area contributed by atoms with Gasteiger partial charge in [0.2, 0.25) is 0 Å². The first kappa shape index (κ1) is 13.9. The second-order valence-electron chi connectivity index (χ2n) is 4.88. The van der Waals surface area contributed by atoms with Gasteiger partial charge in [-0.1, -0.05) is 37.3 Å². The van der Waals surface area contributed by atoms with Crippen molar-refractivity contribution in [2.24, 2.45) is 16.8 Å². The molecular weight excluding hydrogens is 252 g/mol. The normalized spacial score (nSPS) is 19.6. The quantitative estimate of drug-likeness (QED) is 0.795. The van der Waals surface area contributed by atoms with Gasteiger partial charge in [0.25, 0.3) is 0 Å². The summed E-state index contributed by atoms with van der Waals surface area (Å²) < 4.78 is 0. The zero-order chi connectivity index (χ0) is 13.5. The van der Waals surface area contributed by atoms with E-state index in [1.807, 2.05) is 30.2 Å². The van der Waals surface area contributed by atoms with Crippen molar-refractivity contribution in [2.75, 3.05) is 0 Å². The minimum atomic E-state index is 0.384. The van der Waals surface area contributed by atoms with E-state index in [9.17, 15) is 0 Å². The molecule has 0 radical (unpaired) electrons. The van der Waals surface area contributed by atoms with E-state index in [1.54, 1.807) is 0 Å². The first-order valence-electron chi connectivity index (χ1n) is 6.55. The Morgan fingerprint density at radius 1 is 1.42 bits per heavy atom.